The monoisotopic (exact) mass is 299 g/mol. The first-order valence-corrected chi connectivity index (χ1v) is 6.79. The van der Waals surface area contributed by atoms with E-state index in [-0.39, 0.29) is 24.7 Å². The summed E-state index contributed by atoms with van der Waals surface area (Å²) in [5.41, 5.74) is 0.268. The van der Waals surface area contributed by atoms with Crippen molar-refractivity contribution in [1.82, 2.24) is 5.32 Å². The number of aliphatic hydroxyl groups excluding tert-OH is 1. The number of aliphatic hydroxyl groups is 1. The highest BCUT2D eigenvalue weighted by Crippen LogP contribution is 2.39. The van der Waals surface area contributed by atoms with Crippen LogP contribution in [-0.2, 0) is 0 Å². The summed E-state index contributed by atoms with van der Waals surface area (Å²) in [6.45, 7) is 4.65. The average Bonchev–Trinajstić information content (AvgIpc) is 2.84. The fraction of sp³-hybridized carbons (Fsp3) is 0.500. The van der Waals surface area contributed by atoms with Gasteiger partial charge in [-0.15, -0.1) is 0 Å². The number of carbonyl (C=O) groups is 1. The van der Waals surface area contributed by atoms with Crippen molar-refractivity contribution in [3.63, 3.8) is 0 Å². The van der Waals surface area contributed by atoms with Gasteiger partial charge in [-0.05, 0) is 24.0 Å². The molecule has 2 N–H and O–H groups in total. The maximum absolute atomic E-state index is 12.1. The number of nitrogens with one attached hydrogen (secondary N) is 1. The lowest BCUT2D eigenvalue weighted by atomic mass is 9.89. The Hall–Kier alpha value is -1.46. The molecule has 110 valence electrons. The molecule has 0 aliphatic carbocycles. The Balaban J connectivity index is 2.05. The van der Waals surface area contributed by atoms with Crippen molar-refractivity contribution >= 4 is 17.5 Å². The molecule has 1 heterocycles. The molecule has 0 radical (unpaired) electrons. The second-order valence-electron chi connectivity index (χ2n) is 5.51. The first kappa shape index (κ1) is 14.9. The van der Waals surface area contributed by atoms with Gasteiger partial charge in [-0.2, -0.15) is 0 Å². The SMILES string of the molecule is CC(C)(CCO)CNC(=O)c1cc(Cl)c2c(c1)OCO2. The molecule has 0 saturated heterocycles. The van der Waals surface area contributed by atoms with Crippen LogP contribution in [0.2, 0.25) is 5.02 Å². The minimum absolute atomic E-state index is 0.0960. The third-order valence-electron chi connectivity index (χ3n) is 3.21. The number of halogens is 1. The van der Waals surface area contributed by atoms with Gasteiger partial charge in [0.2, 0.25) is 6.79 Å². The first-order chi connectivity index (χ1) is 9.43. The Morgan fingerprint density at radius 2 is 2.20 bits per heavy atom. The molecule has 1 aliphatic heterocycles. The van der Waals surface area contributed by atoms with E-state index in [9.17, 15) is 4.79 Å². The largest absolute Gasteiger partial charge is 0.454 e. The highest BCUT2D eigenvalue weighted by Gasteiger charge is 2.22. The lowest BCUT2D eigenvalue weighted by Gasteiger charge is -2.23. The summed E-state index contributed by atoms with van der Waals surface area (Å²) in [6, 6.07) is 3.17. The van der Waals surface area contributed by atoms with Crippen LogP contribution < -0.4 is 14.8 Å². The standard InChI is InChI=1S/C14H18ClNO4/c1-14(2,3-4-17)7-16-13(18)9-5-10(15)12-11(6-9)19-8-20-12/h5-6,17H,3-4,7-8H2,1-2H3,(H,16,18). The Labute approximate surface area is 122 Å². The van der Waals surface area contributed by atoms with Crippen molar-refractivity contribution in [3.05, 3.63) is 22.7 Å². The quantitative estimate of drug-likeness (QED) is 0.875. The normalized spacial score (nSPS) is 13.4. The maximum atomic E-state index is 12.1. The molecular weight excluding hydrogens is 282 g/mol. The summed E-state index contributed by atoms with van der Waals surface area (Å²) >= 11 is 6.04. The van der Waals surface area contributed by atoms with Gasteiger partial charge in [0.1, 0.15) is 0 Å². The predicted molar refractivity (Wildman–Crippen MR) is 75.4 cm³/mol. The van der Waals surface area contributed by atoms with Gasteiger partial charge in [-0.1, -0.05) is 25.4 Å². The van der Waals surface area contributed by atoms with Crippen molar-refractivity contribution in [2.45, 2.75) is 20.3 Å². The molecular formula is C14H18ClNO4. The Morgan fingerprint density at radius 1 is 1.45 bits per heavy atom. The second kappa shape index (κ2) is 5.89. The molecule has 0 fully saturated rings. The van der Waals surface area contributed by atoms with Gasteiger partial charge in [0, 0.05) is 18.7 Å². The summed E-state index contributed by atoms with van der Waals surface area (Å²) in [5, 5.41) is 12.2. The van der Waals surface area contributed by atoms with Crippen molar-refractivity contribution in [3.8, 4) is 11.5 Å². The third-order valence-corrected chi connectivity index (χ3v) is 3.49. The minimum atomic E-state index is -0.226. The van der Waals surface area contributed by atoms with Crippen LogP contribution in [0.5, 0.6) is 11.5 Å². The molecule has 0 spiro atoms. The van der Waals surface area contributed by atoms with Gasteiger partial charge >= 0.3 is 0 Å². The summed E-state index contributed by atoms with van der Waals surface area (Å²) in [7, 11) is 0. The number of benzene rings is 1. The highest BCUT2D eigenvalue weighted by atomic mass is 35.5. The van der Waals surface area contributed by atoms with Crippen molar-refractivity contribution in [2.75, 3.05) is 19.9 Å². The number of carbonyl (C=O) groups excluding carboxylic acids is 1. The van der Waals surface area contributed by atoms with Gasteiger partial charge in [-0.25, -0.2) is 0 Å². The molecule has 1 amide bonds. The molecule has 0 bridgehead atoms. The van der Waals surface area contributed by atoms with E-state index in [2.05, 4.69) is 5.32 Å². The van der Waals surface area contributed by atoms with Crippen LogP contribution in [0.3, 0.4) is 0 Å². The zero-order valence-electron chi connectivity index (χ0n) is 11.5. The molecule has 20 heavy (non-hydrogen) atoms. The van der Waals surface area contributed by atoms with Crippen molar-refractivity contribution in [2.24, 2.45) is 5.41 Å². The van der Waals surface area contributed by atoms with Crippen LogP contribution >= 0.6 is 11.6 Å². The lowest BCUT2D eigenvalue weighted by Crippen LogP contribution is -2.34. The van der Waals surface area contributed by atoms with E-state index in [4.69, 9.17) is 26.2 Å². The van der Waals surface area contributed by atoms with Gasteiger partial charge in [0.15, 0.2) is 11.5 Å². The molecule has 0 saturated carbocycles. The number of amides is 1. The van der Waals surface area contributed by atoms with Crippen LogP contribution in [0, 0.1) is 5.41 Å². The fourth-order valence-corrected chi connectivity index (χ4v) is 2.18. The lowest BCUT2D eigenvalue weighted by molar-refractivity contribution is 0.0927. The summed E-state index contributed by atoms with van der Waals surface area (Å²) in [6.07, 6.45) is 0.620. The summed E-state index contributed by atoms with van der Waals surface area (Å²) in [5.74, 6) is 0.734. The number of hydrogen-bond donors (Lipinski definition) is 2. The van der Waals surface area contributed by atoms with E-state index < -0.39 is 0 Å². The molecule has 6 heteroatoms. The summed E-state index contributed by atoms with van der Waals surface area (Å²) in [4.78, 5) is 12.1. The molecule has 0 unspecified atom stereocenters. The van der Waals surface area contributed by atoms with E-state index in [1.807, 2.05) is 13.8 Å². The van der Waals surface area contributed by atoms with E-state index in [0.29, 0.717) is 35.1 Å². The topological polar surface area (TPSA) is 67.8 Å². The fourth-order valence-electron chi connectivity index (χ4n) is 1.91. The van der Waals surface area contributed by atoms with E-state index in [1.54, 1.807) is 12.1 Å². The highest BCUT2D eigenvalue weighted by molar-refractivity contribution is 6.32. The molecule has 0 aromatic heterocycles. The van der Waals surface area contributed by atoms with Crippen LogP contribution in [0.4, 0.5) is 0 Å². The summed E-state index contributed by atoms with van der Waals surface area (Å²) < 4.78 is 10.4. The van der Waals surface area contributed by atoms with Crippen LogP contribution in [-0.4, -0.2) is 31.0 Å². The number of rotatable bonds is 5. The zero-order valence-corrected chi connectivity index (χ0v) is 12.3. The van der Waals surface area contributed by atoms with E-state index in [0.717, 1.165) is 0 Å². The predicted octanol–water partition coefficient (Wildman–Crippen LogP) is 2.21. The molecule has 2 rings (SSSR count). The molecule has 0 atom stereocenters. The molecule has 1 aliphatic rings. The average molecular weight is 300 g/mol. The minimum Gasteiger partial charge on any atom is -0.454 e. The number of fused-ring (bicyclic) bond motifs is 1. The number of ether oxygens (including phenoxy) is 2. The van der Waals surface area contributed by atoms with Crippen LogP contribution in [0.25, 0.3) is 0 Å². The van der Waals surface area contributed by atoms with Crippen LogP contribution in [0.1, 0.15) is 30.6 Å². The van der Waals surface area contributed by atoms with E-state index in [1.165, 1.54) is 0 Å². The van der Waals surface area contributed by atoms with Gasteiger partial charge in [0.25, 0.3) is 5.91 Å². The smallest absolute Gasteiger partial charge is 0.251 e. The van der Waals surface area contributed by atoms with E-state index >= 15 is 0 Å². The van der Waals surface area contributed by atoms with Gasteiger partial charge in [-0.3, -0.25) is 4.79 Å². The number of hydrogen-bond acceptors (Lipinski definition) is 4. The molecule has 5 nitrogen and oxygen atoms in total. The maximum Gasteiger partial charge on any atom is 0.251 e. The Bertz CT molecular complexity index is 516. The van der Waals surface area contributed by atoms with Crippen LogP contribution in [0.15, 0.2) is 12.1 Å². The Morgan fingerprint density at radius 3 is 2.90 bits per heavy atom. The first-order valence-electron chi connectivity index (χ1n) is 6.41. The molecule has 1 aromatic carbocycles. The zero-order chi connectivity index (χ0) is 14.8. The third kappa shape index (κ3) is 3.35. The van der Waals surface area contributed by atoms with Gasteiger partial charge in [0.05, 0.1) is 5.02 Å². The second-order valence-corrected chi connectivity index (χ2v) is 5.92. The van der Waals surface area contributed by atoms with Crippen molar-refractivity contribution < 1.29 is 19.4 Å². The molecule has 1 aromatic rings. The van der Waals surface area contributed by atoms with Gasteiger partial charge < -0.3 is 19.9 Å². The van der Waals surface area contributed by atoms with Crippen molar-refractivity contribution in [1.29, 1.82) is 0 Å². The Kier molecular flexibility index (Phi) is 4.40.